The molecule has 2 rings (SSSR count). The second kappa shape index (κ2) is 10.1. The lowest BCUT2D eigenvalue weighted by Gasteiger charge is -2.16. The fourth-order valence-electron chi connectivity index (χ4n) is 2.76. The number of nitrogens with one attached hydrogen (secondary N) is 2. The maximum absolute atomic E-state index is 12.2. The van der Waals surface area contributed by atoms with Crippen molar-refractivity contribution in [2.24, 2.45) is 0 Å². The molecule has 0 saturated carbocycles. The largest absolute Gasteiger partial charge is 0.490 e. The Morgan fingerprint density at radius 3 is 2.46 bits per heavy atom. The van der Waals surface area contributed by atoms with Crippen molar-refractivity contribution in [3.05, 3.63) is 69.8 Å². The number of ether oxygens (including phenoxy) is 1. The number of nitrogens with zero attached hydrogens (tertiary/aromatic N) is 1. The fourth-order valence-corrected chi connectivity index (χ4v) is 2.76. The molecule has 0 aliphatic carbocycles. The van der Waals surface area contributed by atoms with Crippen LogP contribution >= 0.6 is 0 Å². The Bertz CT molecular complexity index is 839. The number of hydrogen-bond acceptors (Lipinski definition) is 5. The Kier molecular flexibility index (Phi) is 7.50. The van der Waals surface area contributed by atoms with Crippen LogP contribution in [-0.4, -0.2) is 36.9 Å². The summed E-state index contributed by atoms with van der Waals surface area (Å²) in [4.78, 5) is 34.7. The zero-order chi connectivity index (χ0) is 20.5. The van der Waals surface area contributed by atoms with Gasteiger partial charge < -0.3 is 15.4 Å². The van der Waals surface area contributed by atoms with Crippen LogP contribution in [0.2, 0.25) is 0 Å². The molecule has 8 heteroatoms. The van der Waals surface area contributed by atoms with E-state index in [0.717, 1.165) is 18.1 Å². The van der Waals surface area contributed by atoms with Crippen LogP contribution in [0, 0.1) is 10.1 Å². The standard InChI is InChI=1S/C20H23N3O5/c1-3-14(15-7-5-4-6-8-15)12-21-19(24)13-22-20(25)16-9-10-18(28-2)17(11-16)23(26)27/h4-11,14H,3,12-13H2,1-2H3,(H,21,24)(H,22,25). The number of hydrogen-bond donors (Lipinski definition) is 2. The van der Waals surface area contributed by atoms with Crippen LogP contribution in [0.15, 0.2) is 48.5 Å². The van der Waals surface area contributed by atoms with Gasteiger partial charge in [0.1, 0.15) is 0 Å². The van der Waals surface area contributed by atoms with Crippen LogP contribution in [0.5, 0.6) is 5.75 Å². The molecule has 2 N–H and O–H groups in total. The van der Waals surface area contributed by atoms with E-state index in [1.54, 1.807) is 0 Å². The Morgan fingerprint density at radius 2 is 1.86 bits per heavy atom. The molecule has 2 aromatic rings. The van der Waals surface area contributed by atoms with Gasteiger partial charge in [-0.2, -0.15) is 0 Å². The molecule has 0 bridgehead atoms. The van der Waals surface area contributed by atoms with Crippen molar-refractivity contribution < 1.29 is 19.2 Å². The molecule has 148 valence electrons. The average Bonchev–Trinajstić information content (AvgIpc) is 2.72. The van der Waals surface area contributed by atoms with Crippen LogP contribution in [-0.2, 0) is 4.79 Å². The van der Waals surface area contributed by atoms with Gasteiger partial charge in [0.2, 0.25) is 5.91 Å². The highest BCUT2D eigenvalue weighted by Crippen LogP contribution is 2.27. The summed E-state index contributed by atoms with van der Waals surface area (Å²) in [5.74, 6) is -0.655. The first-order valence-corrected chi connectivity index (χ1v) is 8.88. The fraction of sp³-hybridized carbons (Fsp3) is 0.300. The van der Waals surface area contributed by atoms with Crippen LogP contribution < -0.4 is 15.4 Å². The molecule has 0 heterocycles. The second-order valence-electron chi connectivity index (χ2n) is 6.15. The van der Waals surface area contributed by atoms with Crippen molar-refractivity contribution in [1.82, 2.24) is 10.6 Å². The minimum atomic E-state index is -0.628. The highest BCUT2D eigenvalue weighted by molar-refractivity contribution is 5.97. The molecule has 1 unspecified atom stereocenters. The van der Waals surface area contributed by atoms with Gasteiger partial charge in [-0.25, -0.2) is 0 Å². The first kappa shape index (κ1) is 20.9. The summed E-state index contributed by atoms with van der Waals surface area (Å²) >= 11 is 0. The van der Waals surface area contributed by atoms with E-state index >= 15 is 0 Å². The first-order chi connectivity index (χ1) is 13.5. The molecule has 1 atom stereocenters. The highest BCUT2D eigenvalue weighted by atomic mass is 16.6. The van der Waals surface area contributed by atoms with E-state index in [9.17, 15) is 19.7 Å². The monoisotopic (exact) mass is 385 g/mol. The highest BCUT2D eigenvalue weighted by Gasteiger charge is 2.18. The number of amides is 2. The Balaban J connectivity index is 1.89. The van der Waals surface area contributed by atoms with Crippen molar-refractivity contribution in [3.8, 4) is 5.75 Å². The molecule has 2 amide bonds. The van der Waals surface area contributed by atoms with E-state index in [0.29, 0.717) is 6.54 Å². The van der Waals surface area contributed by atoms with Crippen molar-refractivity contribution in [2.75, 3.05) is 20.2 Å². The number of nitro benzene ring substituents is 1. The Labute approximate surface area is 163 Å². The third-order valence-electron chi connectivity index (χ3n) is 4.36. The van der Waals surface area contributed by atoms with Gasteiger partial charge in [-0.3, -0.25) is 19.7 Å². The summed E-state index contributed by atoms with van der Waals surface area (Å²) in [6, 6.07) is 13.7. The third kappa shape index (κ3) is 5.54. The molecular weight excluding hydrogens is 362 g/mol. The lowest BCUT2D eigenvalue weighted by atomic mass is 9.96. The van der Waals surface area contributed by atoms with Gasteiger partial charge in [0.25, 0.3) is 5.91 Å². The summed E-state index contributed by atoms with van der Waals surface area (Å²) in [7, 11) is 1.31. The number of rotatable bonds is 9. The van der Waals surface area contributed by atoms with Crippen molar-refractivity contribution in [3.63, 3.8) is 0 Å². The summed E-state index contributed by atoms with van der Waals surface area (Å²) < 4.78 is 4.90. The number of nitro groups is 1. The van der Waals surface area contributed by atoms with E-state index in [-0.39, 0.29) is 35.4 Å². The quantitative estimate of drug-likeness (QED) is 0.509. The van der Waals surface area contributed by atoms with E-state index in [4.69, 9.17) is 4.74 Å². The Hall–Kier alpha value is -3.42. The van der Waals surface area contributed by atoms with E-state index in [1.165, 1.54) is 19.2 Å². The minimum absolute atomic E-state index is 0.0609. The smallest absolute Gasteiger partial charge is 0.311 e. The third-order valence-corrected chi connectivity index (χ3v) is 4.36. The van der Waals surface area contributed by atoms with E-state index in [2.05, 4.69) is 10.6 Å². The number of methoxy groups -OCH3 is 1. The van der Waals surface area contributed by atoms with Gasteiger partial charge >= 0.3 is 5.69 Å². The van der Waals surface area contributed by atoms with Crippen molar-refractivity contribution in [1.29, 1.82) is 0 Å². The van der Waals surface area contributed by atoms with Gasteiger partial charge in [0.15, 0.2) is 5.75 Å². The van der Waals surface area contributed by atoms with Crippen LogP contribution in [0.1, 0.15) is 35.2 Å². The molecule has 0 aliphatic heterocycles. The van der Waals surface area contributed by atoms with Gasteiger partial charge in [-0.1, -0.05) is 37.3 Å². The lowest BCUT2D eigenvalue weighted by Crippen LogP contribution is -2.38. The van der Waals surface area contributed by atoms with Gasteiger partial charge in [0.05, 0.1) is 18.6 Å². The lowest BCUT2D eigenvalue weighted by molar-refractivity contribution is -0.385. The predicted molar refractivity (Wildman–Crippen MR) is 104 cm³/mol. The summed E-state index contributed by atoms with van der Waals surface area (Å²) in [5.41, 5.74) is 0.907. The van der Waals surface area contributed by atoms with Gasteiger partial charge in [-0.15, -0.1) is 0 Å². The molecule has 0 fully saturated rings. The van der Waals surface area contributed by atoms with Gasteiger partial charge in [-0.05, 0) is 24.1 Å². The van der Waals surface area contributed by atoms with E-state index < -0.39 is 10.8 Å². The van der Waals surface area contributed by atoms with Crippen molar-refractivity contribution in [2.45, 2.75) is 19.3 Å². The zero-order valence-electron chi connectivity index (χ0n) is 15.8. The zero-order valence-corrected chi connectivity index (χ0v) is 15.8. The van der Waals surface area contributed by atoms with Crippen molar-refractivity contribution >= 4 is 17.5 Å². The summed E-state index contributed by atoms with van der Waals surface area (Å²) in [6.45, 7) is 2.29. The average molecular weight is 385 g/mol. The SMILES string of the molecule is CCC(CNC(=O)CNC(=O)c1ccc(OC)c([N+](=O)[O-])c1)c1ccccc1. The molecule has 0 spiro atoms. The van der Waals surface area contributed by atoms with Crippen LogP contribution in [0.4, 0.5) is 5.69 Å². The first-order valence-electron chi connectivity index (χ1n) is 8.88. The summed E-state index contributed by atoms with van der Waals surface area (Å²) in [6.07, 6.45) is 0.867. The normalized spacial score (nSPS) is 11.4. The van der Waals surface area contributed by atoms with E-state index in [1.807, 2.05) is 37.3 Å². The van der Waals surface area contributed by atoms with Crippen LogP contribution in [0.3, 0.4) is 0 Å². The molecule has 0 aliphatic rings. The molecule has 28 heavy (non-hydrogen) atoms. The number of benzene rings is 2. The molecule has 8 nitrogen and oxygen atoms in total. The summed E-state index contributed by atoms with van der Waals surface area (Å²) in [5, 5.41) is 16.3. The second-order valence-corrected chi connectivity index (χ2v) is 6.15. The predicted octanol–water partition coefficient (Wildman–Crippen LogP) is 2.64. The molecule has 0 radical (unpaired) electrons. The Morgan fingerprint density at radius 1 is 1.14 bits per heavy atom. The minimum Gasteiger partial charge on any atom is -0.490 e. The number of carbonyl (C=O) groups excluding carboxylic acids is 2. The molecular formula is C20H23N3O5. The number of carbonyl (C=O) groups is 2. The molecule has 0 saturated heterocycles. The van der Waals surface area contributed by atoms with Crippen LogP contribution in [0.25, 0.3) is 0 Å². The maximum atomic E-state index is 12.2. The topological polar surface area (TPSA) is 111 Å². The van der Waals surface area contributed by atoms with Gasteiger partial charge in [0, 0.05) is 24.1 Å². The molecule has 2 aromatic carbocycles. The molecule has 0 aromatic heterocycles. The maximum Gasteiger partial charge on any atom is 0.311 e.